The Hall–Kier alpha value is -1.76. The largest absolute Gasteiger partial charge is 0.230 e. The van der Waals surface area contributed by atoms with E-state index in [2.05, 4.69) is 15.5 Å². The molecule has 1 aromatic carbocycles. The van der Waals surface area contributed by atoms with Gasteiger partial charge in [0.1, 0.15) is 5.82 Å². The van der Waals surface area contributed by atoms with E-state index in [0.717, 1.165) is 5.56 Å². The number of nitrogens with zero attached hydrogens (tertiary/aromatic N) is 4. The molecule has 0 unspecified atom stereocenters. The van der Waals surface area contributed by atoms with Gasteiger partial charge >= 0.3 is 0 Å². The molecule has 0 saturated carbocycles. The molecule has 2 aromatic rings. The predicted octanol–water partition coefficient (Wildman–Crippen LogP) is 1.15. The van der Waals surface area contributed by atoms with Crippen molar-refractivity contribution in [1.82, 2.24) is 20.2 Å². The molecule has 0 aliphatic heterocycles. The molecule has 19 heavy (non-hydrogen) atoms. The van der Waals surface area contributed by atoms with Crippen LogP contribution in [-0.2, 0) is 16.4 Å². The molecule has 6 nitrogen and oxygen atoms in total. The summed E-state index contributed by atoms with van der Waals surface area (Å²) >= 11 is 0. The number of tetrazole rings is 1. The third-order valence-electron chi connectivity index (χ3n) is 2.84. The molecule has 7 heteroatoms. The highest BCUT2D eigenvalue weighted by Crippen LogP contribution is 2.14. The van der Waals surface area contributed by atoms with Gasteiger partial charge in [-0.15, -0.1) is 5.10 Å². The fourth-order valence-corrected chi connectivity index (χ4v) is 3.18. The van der Waals surface area contributed by atoms with E-state index in [1.165, 1.54) is 0 Å². The number of benzene rings is 1. The first-order valence-electron chi connectivity index (χ1n) is 6.01. The van der Waals surface area contributed by atoms with E-state index in [1.54, 1.807) is 29.8 Å². The third-order valence-corrected chi connectivity index (χ3v) is 4.64. The maximum Gasteiger partial charge on any atom is 0.178 e. The van der Waals surface area contributed by atoms with Crippen molar-refractivity contribution in [2.45, 2.75) is 31.7 Å². The molecule has 0 amide bonds. The molecule has 102 valence electrons. The van der Waals surface area contributed by atoms with Crippen LogP contribution in [0, 0.1) is 13.8 Å². The van der Waals surface area contributed by atoms with Gasteiger partial charge in [-0.25, -0.2) is 13.1 Å². The Bertz CT molecular complexity index is 664. The highest BCUT2D eigenvalue weighted by molar-refractivity contribution is 7.91. The molecule has 1 heterocycles. The van der Waals surface area contributed by atoms with E-state index >= 15 is 0 Å². The lowest BCUT2D eigenvalue weighted by Gasteiger charge is -2.05. The van der Waals surface area contributed by atoms with Gasteiger partial charge in [0.05, 0.1) is 10.6 Å². The normalized spacial score (nSPS) is 11.7. The average molecular weight is 280 g/mol. The topological polar surface area (TPSA) is 77.7 Å². The zero-order valence-electron chi connectivity index (χ0n) is 10.9. The van der Waals surface area contributed by atoms with Crippen LogP contribution >= 0.6 is 0 Å². The second-order valence-corrected chi connectivity index (χ2v) is 6.55. The summed E-state index contributed by atoms with van der Waals surface area (Å²) in [5, 5.41) is 11.1. The van der Waals surface area contributed by atoms with Gasteiger partial charge in [-0.1, -0.05) is 12.1 Å². The Balaban J connectivity index is 2.01. The highest BCUT2D eigenvalue weighted by atomic mass is 32.2. The standard InChI is InChI=1S/C12H16N4O2S/c1-10-5-3-6-12(9-10)19(17,18)8-4-7-16-11(2)13-14-15-16/h3,5-6,9H,4,7-8H2,1-2H3. The SMILES string of the molecule is Cc1cccc(S(=O)(=O)CCCn2nnnc2C)c1. The number of aromatic nitrogens is 4. The molecule has 0 aliphatic rings. The summed E-state index contributed by atoms with van der Waals surface area (Å²) in [5.74, 6) is 0.781. The highest BCUT2D eigenvalue weighted by Gasteiger charge is 2.14. The van der Waals surface area contributed by atoms with Gasteiger partial charge in [-0.05, 0) is 48.4 Å². The van der Waals surface area contributed by atoms with E-state index in [9.17, 15) is 8.42 Å². The van der Waals surface area contributed by atoms with E-state index in [4.69, 9.17) is 0 Å². The van der Waals surface area contributed by atoms with Crippen molar-refractivity contribution >= 4 is 9.84 Å². The molecule has 0 bridgehead atoms. The second-order valence-electron chi connectivity index (χ2n) is 4.44. The van der Waals surface area contributed by atoms with Gasteiger partial charge in [0.2, 0.25) is 0 Å². The molecule has 0 saturated heterocycles. The van der Waals surface area contributed by atoms with Crippen LogP contribution in [0.1, 0.15) is 17.8 Å². The lowest BCUT2D eigenvalue weighted by molar-refractivity contribution is 0.553. The number of sulfone groups is 1. The van der Waals surface area contributed by atoms with Gasteiger partial charge < -0.3 is 0 Å². The zero-order chi connectivity index (χ0) is 13.9. The van der Waals surface area contributed by atoms with E-state index < -0.39 is 9.84 Å². The molecule has 1 aromatic heterocycles. The van der Waals surface area contributed by atoms with Crippen molar-refractivity contribution in [2.24, 2.45) is 0 Å². The van der Waals surface area contributed by atoms with Crippen LogP contribution in [0.2, 0.25) is 0 Å². The third kappa shape index (κ3) is 3.37. The van der Waals surface area contributed by atoms with Crippen molar-refractivity contribution in [1.29, 1.82) is 0 Å². The Morgan fingerprint density at radius 2 is 2.05 bits per heavy atom. The lowest BCUT2D eigenvalue weighted by Crippen LogP contribution is -2.11. The smallest absolute Gasteiger partial charge is 0.178 e. The fraction of sp³-hybridized carbons (Fsp3) is 0.417. The minimum absolute atomic E-state index is 0.0930. The average Bonchev–Trinajstić information content (AvgIpc) is 2.75. The summed E-state index contributed by atoms with van der Waals surface area (Å²) in [7, 11) is -3.23. The van der Waals surface area contributed by atoms with Crippen LogP contribution < -0.4 is 0 Å². The Kier molecular flexibility index (Phi) is 3.94. The van der Waals surface area contributed by atoms with Crippen molar-refractivity contribution in [3.05, 3.63) is 35.7 Å². The monoisotopic (exact) mass is 280 g/mol. The summed E-state index contributed by atoms with van der Waals surface area (Å²) in [5.41, 5.74) is 0.942. The molecular weight excluding hydrogens is 264 g/mol. The molecule has 0 radical (unpaired) electrons. The first kappa shape index (κ1) is 13.7. The molecule has 0 N–H and O–H groups in total. The minimum atomic E-state index is -3.23. The summed E-state index contributed by atoms with van der Waals surface area (Å²) in [6.45, 7) is 4.17. The van der Waals surface area contributed by atoms with Crippen molar-refractivity contribution < 1.29 is 8.42 Å². The summed E-state index contributed by atoms with van der Waals surface area (Å²) in [4.78, 5) is 0.376. The molecule has 0 aliphatic carbocycles. The number of hydrogen-bond donors (Lipinski definition) is 0. The number of hydrogen-bond acceptors (Lipinski definition) is 5. The Morgan fingerprint density at radius 1 is 1.26 bits per heavy atom. The van der Waals surface area contributed by atoms with Crippen molar-refractivity contribution in [3.63, 3.8) is 0 Å². The quantitative estimate of drug-likeness (QED) is 0.821. The predicted molar refractivity (Wildman–Crippen MR) is 70.4 cm³/mol. The van der Waals surface area contributed by atoms with Crippen LogP contribution in [-0.4, -0.2) is 34.4 Å². The zero-order valence-corrected chi connectivity index (χ0v) is 11.8. The van der Waals surface area contributed by atoms with Crippen LogP contribution in [0.25, 0.3) is 0 Å². The summed E-state index contributed by atoms with van der Waals surface area (Å²) in [6, 6.07) is 6.96. The molecule has 0 atom stereocenters. The van der Waals surface area contributed by atoms with Gasteiger partial charge in [-0.3, -0.25) is 0 Å². The molecule has 0 fully saturated rings. The van der Waals surface area contributed by atoms with Gasteiger partial charge in [0.15, 0.2) is 9.84 Å². The summed E-state index contributed by atoms with van der Waals surface area (Å²) < 4.78 is 25.9. The van der Waals surface area contributed by atoms with Crippen LogP contribution in [0.5, 0.6) is 0 Å². The Morgan fingerprint density at radius 3 is 2.68 bits per heavy atom. The van der Waals surface area contributed by atoms with Gasteiger partial charge in [0, 0.05) is 6.54 Å². The molecular formula is C12H16N4O2S. The van der Waals surface area contributed by atoms with E-state index in [-0.39, 0.29) is 5.75 Å². The molecule has 0 spiro atoms. The first-order chi connectivity index (χ1) is 8.99. The minimum Gasteiger partial charge on any atom is -0.230 e. The second kappa shape index (κ2) is 5.48. The number of aryl methyl sites for hydroxylation is 3. The summed E-state index contributed by atoms with van der Waals surface area (Å²) in [6.07, 6.45) is 0.488. The lowest BCUT2D eigenvalue weighted by atomic mass is 10.2. The first-order valence-corrected chi connectivity index (χ1v) is 7.66. The fourth-order valence-electron chi connectivity index (χ4n) is 1.79. The van der Waals surface area contributed by atoms with Crippen molar-refractivity contribution in [3.8, 4) is 0 Å². The number of rotatable bonds is 5. The van der Waals surface area contributed by atoms with Crippen molar-refractivity contribution in [2.75, 3.05) is 5.75 Å². The van der Waals surface area contributed by atoms with E-state index in [1.807, 2.05) is 13.0 Å². The maximum absolute atomic E-state index is 12.1. The van der Waals surface area contributed by atoms with E-state index in [0.29, 0.717) is 23.7 Å². The van der Waals surface area contributed by atoms with Gasteiger partial charge in [0.25, 0.3) is 0 Å². The van der Waals surface area contributed by atoms with Crippen LogP contribution in [0.4, 0.5) is 0 Å². The Labute approximate surface area is 112 Å². The van der Waals surface area contributed by atoms with Gasteiger partial charge in [-0.2, -0.15) is 0 Å². The van der Waals surface area contributed by atoms with Crippen LogP contribution in [0.3, 0.4) is 0 Å². The van der Waals surface area contributed by atoms with Crippen LogP contribution in [0.15, 0.2) is 29.2 Å². The maximum atomic E-state index is 12.1. The molecule has 2 rings (SSSR count).